The van der Waals surface area contributed by atoms with Crippen LogP contribution in [0.1, 0.15) is 5.56 Å². The van der Waals surface area contributed by atoms with Crippen molar-refractivity contribution in [3.05, 3.63) is 54.1 Å². The number of rotatable bonds is 4. The zero-order valence-corrected chi connectivity index (χ0v) is 13.4. The molecule has 0 saturated heterocycles. The Balaban J connectivity index is 0.000000956. The molecular weight excluding hydrogens is 368 g/mol. The van der Waals surface area contributed by atoms with E-state index in [0.717, 1.165) is 17.0 Å². The summed E-state index contributed by atoms with van der Waals surface area (Å²) in [6.07, 6.45) is 1.74. The van der Waals surface area contributed by atoms with Gasteiger partial charge in [0, 0.05) is 11.5 Å². The van der Waals surface area contributed by atoms with Crippen LogP contribution in [0.25, 0.3) is 0 Å². The Kier molecular flexibility index (Phi) is 7.98. The summed E-state index contributed by atoms with van der Waals surface area (Å²) < 4.78 is 10.3. The van der Waals surface area contributed by atoms with Gasteiger partial charge in [0.25, 0.3) is 0 Å². The molecule has 0 N–H and O–H groups in total. The first-order valence-corrected chi connectivity index (χ1v) is 7.68. The standard InChI is InChI=1S/C15H14NO2.ClH.Pd/c1-17-14-8-12(9-15(10-14)18-2)11-16-13-6-4-3-5-7-13;;/h3-8,10-11H,1-2H3;1H;/q-1;;+2/p-1. The van der Waals surface area contributed by atoms with Crippen molar-refractivity contribution in [3.63, 3.8) is 0 Å². The van der Waals surface area contributed by atoms with Gasteiger partial charge in [0.2, 0.25) is 0 Å². The summed E-state index contributed by atoms with van der Waals surface area (Å²) in [6.45, 7) is 0. The number of ether oxygens (including phenoxy) is 2. The average molecular weight is 382 g/mol. The fraction of sp³-hybridized carbons (Fsp3) is 0.133. The molecule has 3 nitrogen and oxygen atoms in total. The van der Waals surface area contributed by atoms with Crippen LogP contribution in [-0.2, 0) is 18.2 Å². The second kappa shape index (κ2) is 9.55. The first-order valence-electron chi connectivity index (χ1n) is 5.68. The second-order valence-electron chi connectivity index (χ2n) is 3.64. The molecule has 2 aromatic carbocycles. The van der Waals surface area contributed by atoms with E-state index in [1.807, 2.05) is 36.4 Å². The van der Waals surface area contributed by atoms with Gasteiger partial charge in [-0.15, -0.1) is 11.6 Å². The molecule has 0 aliphatic rings. The predicted octanol–water partition coefficient (Wildman–Crippen LogP) is 3.94. The Labute approximate surface area is 134 Å². The molecule has 0 spiro atoms. The number of aliphatic imine (C=N–C) groups is 1. The van der Waals surface area contributed by atoms with E-state index in [0.29, 0.717) is 5.75 Å². The topological polar surface area (TPSA) is 30.8 Å². The van der Waals surface area contributed by atoms with E-state index < -0.39 is 0 Å². The molecule has 0 saturated carbocycles. The van der Waals surface area contributed by atoms with Gasteiger partial charge in [-0.25, -0.2) is 0 Å². The van der Waals surface area contributed by atoms with Crippen LogP contribution in [0.4, 0.5) is 5.69 Å². The van der Waals surface area contributed by atoms with Crippen molar-refractivity contribution in [1.29, 1.82) is 0 Å². The van der Waals surface area contributed by atoms with Crippen molar-refractivity contribution >= 4 is 21.4 Å². The number of para-hydroxylation sites is 1. The van der Waals surface area contributed by atoms with Gasteiger partial charge < -0.3 is 14.5 Å². The Morgan fingerprint density at radius 2 is 1.80 bits per heavy atom. The number of hydrogen-bond donors (Lipinski definition) is 0. The molecule has 2 aromatic rings. The molecule has 0 atom stereocenters. The van der Waals surface area contributed by atoms with Crippen molar-refractivity contribution in [3.8, 4) is 11.5 Å². The summed E-state index contributed by atoms with van der Waals surface area (Å²) in [5.74, 6) is 1.35. The molecule has 108 valence electrons. The van der Waals surface area contributed by atoms with E-state index in [4.69, 9.17) is 9.47 Å². The van der Waals surface area contributed by atoms with Crippen LogP contribution in [0.2, 0.25) is 0 Å². The van der Waals surface area contributed by atoms with Crippen molar-refractivity contribution in [2.24, 2.45) is 4.99 Å². The van der Waals surface area contributed by atoms with Crippen LogP contribution in [0.3, 0.4) is 0 Å². The fourth-order valence-electron chi connectivity index (χ4n) is 1.49. The molecule has 0 aromatic heterocycles. The van der Waals surface area contributed by atoms with Crippen molar-refractivity contribution in [1.82, 2.24) is 0 Å². The summed E-state index contributed by atoms with van der Waals surface area (Å²) >= 11 is 2.22. The summed E-state index contributed by atoms with van der Waals surface area (Å²) in [5, 5.41) is 0. The van der Waals surface area contributed by atoms with Gasteiger partial charge in [0.05, 0.1) is 19.9 Å². The van der Waals surface area contributed by atoms with Gasteiger partial charge >= 0.3 is 27.7 Å². The molecule has 0 radical (unpaired) electrons. The molecule has 0 heterocycles. The van der Waals surface area contributed by atoms with Crippen LogP contribution in [0, 0.1) is 6.07 Å². The van der Waals surface area contributed by atoms with E-state index in [1.54, 1.807) is 26.5 Å². The number of methoxy groups -OCH3 is 2. The van der Waals surface area contributed by atoms with Gasteiger partial charge in [-0.05, 0) is 18.3 Å². The molecule has 0 fully saturated rings. The minimum atomic E-state index is 0.629. The molecule has 0 unspecified atom stereocenters. The van der Waals surface area contributed by atoms with Gasteiger partial charge in [-0.2, -0.15) is 0 Å². The van der Waals surface area contributed by atoms with Gasteiger partial charge in [-0.3, -0.25) is 0 Å². The number of nitrogens with zero attached hydrogens (tertiary/aromatic N) is 1. The van der Waals surface area contributed by atoms with Gasteiger partial charge in [0.1, 0.15) is 0 Å². The van der Waals surface area contributed by atoms with E-state index in [1.165, 1.54) is 0 Å². The van der Waals surface area contributed by atoms with Crippen LogP contribution in [0.15, 0.2) is 47.5 Å². The molecule has 0 amide bonds. The molecule has 20 heavy (non-hydrogen) atoms. The minimum absolute atomic E-state index is 0.629. The number of halogens is 1. The van der Waals surface area contributed by atoms with Gasteiger partial charge in [-0.1, -0.05) is 30.3 Å². The maximum atomic E-state index is 5.19. The Hall–Kier alpha value is -1.34. The summed E-state index contributed by atoms with van der Waals surface area (Å²) in [7, 11) is 7.71. The van der Waals surface area contributed by atoms with E-state index >= 15 is 0 Å². The Bertz CT molecular complexity index is 525. The van der Waals surface area contributed by atoms with E-state index in [-0.39, 0.29) is 0 Å². The van der Waals surface area contributed by atoms with Crippen molar-refractivity contribution in [2.45, 2.75) is 0 Å². The normalized spacial score (nSPS) is 9.85. The van der Waals surface area contributed by atoms with E-state index in [2.05, 4.69) is 38.8 Å². The monoisotopic (exact) mass is 381 g/mol. The molecule has 5 heteroatoms. The predicted molar refractivity (Wildman–Crippen MR) is 77.9 cm³/mol. The summed E-state index contributed by atoms with van der Waals surface area (Å²) in [4.78, 5) is 4.36. The second-order valence-corrected chi connectivity index (χ2v) is 3.64. The fourth-order valence-corrected chi connectivity index (χ4v) is 1.49. The summed E-state index contributed by atoms with van der Waals surface area (Å²) in [6, 6.07) is 16.5. The molecule has 0 bridgehead atoms. The van der Waals surface area contributed by atoms with Crippen molar-refractivity contribution in [2.75, 3.05) is 14.2 Å². The first-order chi connectivity index (χ1) is 9.81. The third-order valence-corrected chi connectivity index (χ3v) is 2.40. The number of benzene rings is 2. The van der Waals surface area contributed by atoms with Gasteiger partial charge in [0.15, 0.2) is 0 Å². The van der Waals surface area contributed by atoms with Crippen molar-refractivity contribution < 1.29 is 27.7 Å². The van der Waals surface area contributed by atoms with E-state index in [9.17, 15) is 0 Å². The van der Waals surface area contributed by atoms with Crippen LogP contribution < -0.4 is 9.47 Å². The SMILES string of the molecule is COc1[c-]c(C=Nc2ccccc2)cc(OC)c1.[Cl][Pd+]. The summed E-state index contributed by atoms with van der Waals surface area (Å²) in [5.41, 5.74) is 1.71. The molecule has 0 aliphatic carbocycles. The number of hydrogen-bond acceptors (Lipinski definition) is 3. The molecular formula is C15H14ClNO2Pd. The Morgan fingerprint density at radius 3 is 2.40 bits per heavy atom. The molecule has 0 aliphatic heterocycles. The zero-order chi connectivity index (χ0) is 14.8. The first kappa shape index (κ1) is 16.7. The average Bonchev–Trinajstić information content (AvgIpc) is 2.55. The van der Waals surface area contributed by atoms with Crippen LogP contribution in [0.5, 0.6) is 11.5 Å². The molecule has 2 rings (SSSR count). The van der Waals surface area contributed by atoms with Crippen LogP contribution >= 0.6 is 9.53 Å². The zero-order valence-electron chi connectivity index (χ0n) is 11.1. The maximum absolute atomic E-state index is 5.19. The third-order valence-electron chi connectivity index (χ3n) is 2.40. The Morgan fingerprint density at radius 1 is 1.10 bits per heavy atom. The third kappa shape index (κ3) is 5.34. The quantitative estimate of drug-likeness (QED) is 0.456. The van der Waals surface area contributed by atoms with Crippen LogP contribution in [-0.4, -0.2) is 20.4 Å².